The van der Waals surface area contributed by atoms with E-state index in [1.165, 1.54) is 38.8 Å². The first-order valence-corrected chi connectivity index (χ1v) is 7.70. The fourth-order valence-electron chi connectivity index (χ4n) is 3.85. The van der Waals surface area contributed by atoms with Crippen LogP contribution in [0.2, 0.25) is 0 Å². The van der Waals surface area contributed by atoms with Crippen LogP contribution < -0.4 is 5.32 Å². The Labute approximate surface area is 110 Å². The lowest BCUT2D eigenvalue weighted by Gasteiger charge is -2.45. The first-order valence-electron chi connectivity index (χ1n) is 7.70. The lowest BCUT2D eigenvalue weighted by atomic mass is 9.71. The van der Waals surface area contributed by atoms with Gasteiger partial charge in [0, 0.05) is 18.5 Å². The highest BCUT2D eigenvalue weighted by molar-refractivity contribution is 5.85. The Balaban J connectivity index is 1.58. The molecular formula is C15H26N2O. The molecule has 1 spiro atoms. The summed E-state index contributed by atoms with van der Waals surface area (Å²) in [6.07, 6.45) is 8.40. The Morgan fingerprint density at radius 3 is 2.17 bits per heavy atom. The molecule has 0 aromatic carbocycles. The van der Waals surface area contributed by atoms with Gasteiger partial charge in [-0.1, -0.05) is 6.92 Å². The Morgan fingerprint density at radius 2 is 1.67 bits per heavy atom. The molecule has 3 nitrogen and oxygen atoms in total. The molecule has 2 heterocycles. The van der Waals surface area contributed by atoms with Crippen LogP contribution in [0.3, 0.4) is 0 Å². The van der Waals surface area contributed by atoms with Crippen LogP contribution in [0.4, 0.5) is 0 Å². The minimum Gasteiger partial charge on any atom is -0.342 e. The summed E-state index contributed by atoms with van der Waals surface area (Å²) >= 11 is 0. The van der Waals surface area contributed by atoms with Gasteiger partial charge in [0.15, 0.2) is 0 Å². The zero-order chi connectivity index (χ0) is 12.6. The van der Waals surface area contributed by atoms with Crippen LogP contribution in [-0.2, 0) is 4.79 Å². The van der Waals surface area contributed by atoms with Crippen molar-refractivity contribution in [1.82, 2.24) is 10.2 Å². The minimum atomic E-state index is 0.0681. The Kier molecular flexibility index (Phi) is 3.13. The second-order valence-corrected chi connectivity index (χ2v) is 6.68. The maximum absolute atomic E-state index is 12.5. The van der Waals surface area contributed by atoms with E-state index in [2.05, 4.69) is 17.1 Å². The minimum absolute atomic E-state index is 0.0681. The van der Waals surface area contributed by atoms with E-state index >= 15 is 0 Å². The highest BCUT2D eigenvalue weighted by Gasteiger charge is 2.51. The second-order valence-electron chi connectivity index (χ2n) is 6.68. The number of amides is 1. The molecule has 1 saturated carbocycles. The summed E-state index contributed by atoms with van der Waals surface area (Å²) in [5.41, 5.74) is 0.629. The number of rotatable bonds is 2. The van der Waals surface area contributed by atoms with Crippen molar-refractivity contribution in [1.29, 1.82) is 0 Å². The number of carbonyl (C=O) groups excluding carboxylic acids is 1. The zero-order valence-electron chi connectivity index (χ0n) is 11.6. The lowest BCUT2D eigenvalue weighted by Crippen LogP contribution is -2.49. The van der Waals surface area contributed by atoms with Gasteiger partial charge in [-0.05, 0) is 63.5 Å². The Morgan fingerprint density at radius 1 is 1.06 bits per heavy atom. The fraction of sp³-hybridized carbons (Fsp3) is 0.933. The van der Waals surface area contributed by atoms with E-state index in [1.54, 1.807) is 0 Å². The van der Waals surface area contributed by atoms with Crippen molar-refractivity contribution < 1.29 is 4.79 Å². The van der Waals surface area contributed by atoms with E-state index in [0.717, 1.165) is 32.4 Å². The van der Waals surface area contributed by atoms with E-state index in [0.29, 0.717) is 11.3 Å². The molecule has 1 amide bonds. The normalized spacial score (nSPS) is 29.3. The summed E-state index contributed by atoms with van der Waals surface area (Å²) in [7, 11) is 0. The molecule has 2 saturated heterocycles. The third-order valence-electron chi connectivity index (χ3n) is 5.76. The molecule has 1 N–H and O–H groups in total. The smallest absolute Gasteiger partial charge is 0.228 e. The molecule has 0 aromatic rings. The predicted molar refractivity (Wildman–Crippen MR) is 72.3 cm³/mol. The number of hydrogen-bond acceptors (Lipinski definition) is 2. The summed E-state index contributed by atoms with van der Waals surface area (Å²) in [6.45, 7) is 6.55. The number of carbonyl (C=O) groups is 1. The zero-order valence-corrected chi connectivity index (χ0v) is 11.6. The molecule has 0 aromatic heterocycles. The summed E-state index contributed by atoms with van der Waals surface area (Å²) in [5.74, 6) is 0.466. The van der Waals surface area contributed by atoms with Crippen LogP contribution in [0.25, 0.3) is 0 Å². The van der Waals surface area contributed by atoms with Crippen molar-refractivity contribution >= 4 is 5.91 Å². The van der Waals surface area contributed by atoms with Crippen LogP contribution in [0.1, 0.15) is 51.9 Å². The highest BCUT2D eigenvalue weighted by Crippen LogP contribution is 2.51. The molecule has 3 aliphatic rings. The van der Waals surface area contributed by atoms with Crippen LogP contribution in [0.5, 0.6) is 0 Å². The molecule has 102 valence electrons. The molecule has 0 radical (unpaired) electrons. The predicted octanol–water partition coefficient (Wildman–Crippen LogP) is 2.17. The van der Waals surface area contributed by atoms with Gasteiger partial charge in [0.05, 0.1) is 0 Å². The quantitative estimate of drug-likeness (QED) is 0.814. The first-order chi connectivity index (χ1) is 8.70. The number of nitrogens with zero attached hydrogens (tertiary/aromatic N) is 1. The Hall–Kier alpha value is -0.570. The Bertz CT molecular complexity index is 319. The monoisotopic (exact) mass is 250 g/mol. The van der Waals surface area contributed by atoms with Gasteiger partial charge in [0.25, 0.3) is 0 Å². The topological polar surface area (TPSA) is 32.3 Å². The van der Waals surface area contributed by atoms with Gasteiger partial charge in [0.2, 0.25) is 5.91 Å². The summed E-state index contributed by atoms with van der Waals surface area (Å²) in [5, 5.41) is 3.45. The molecule has 3 rings (SSSR count). The molecular weight excluding hydrogens is 224 g/mol. The van der Waals surface area contributed by atoms with E-state index in [9.17, 15) is 4.79 Å². The molecule has 3 heteroatoms. The van der Waals surface area contributed by atoms with Gasteiger partial charge in [-0.3, -0.25) is 4.79 Å². The molecule has 1 aliphatic carbocycles. The van der Waals surface area contributed by atoms with E-state index in [1.807, 2.05) is 0 Å². The van der Waals surface area contributed by atoms with Crippen molar-refractivity contribution in [2.24, 2.45) is 10.8 Å². The van der Waals surface area contributed by atoms with Crippen LogP contribution in [-0.4, -0.2) is 37.0 Å². The summed E-state index contributed by atoms with van der Waals surface area (Å²) < 4.78 is 0. The van der Waals surface area contributed by atoms with Gasteiger partial charge in [0.1, 0.15) is 0 Å². The van der Waals surface area contributed by atoms with Crippen molar-refractivity contribution in [3.05, 3.63) is 0 Å². The molecule has 0 atom stereocenters. The molecule has 0 unspecified atom stereocenters. The van der Waals surface area contributed by atoms with E-state index in [-0.39, 0.29) is 5.41 Å². The lowest BCUT2D eigenvalue weighted by molar-refractivity contribution is -0.139. The fourth-order valence-corrected chi connectivity index (χ4v) is 3.85. The van der Waals surface area contributed by atoms with Gasteiger partial charge >= 0.3 is 0 Å². The third-order valence-corrected chi connectivity index (χ3v) is 5.76. The third kappa shape index (κ3) is 2.07. The van der Waals surface area contributed by atoms with Gasteiger partial charge in [-0.15, -0.1) is 0 Å². The molecule has 2 aliphatic heterocycles. The van der Waals surface area contributed by atoms with Crippen molar-refractivity contribution in [3.8, 4) is 0 Å². The molecule has 18 heavy (non-hydrogen) atoms. The highest BCUT2D eigenvalue weighted by atomic mass is 16.2. The summed E-state index contributed by atoms with van der Waals surface area (Å²) in [4.78, 5) is 14.7. The van der Waals surface area contributed by atoms with Crippen molar-refractivity contribution in [2.45, 2.75) is 51.9 Å². The largest absolute Gasteiger partial charge is 0.342 e. The van der Waals surface area contributed by atoms with Crippen molar-refractivity contribution in [3.63, 3.8) is 0 Å². The SMILES string of the molecule is CCC1(C(=O)N2CCC3(CCNCC3)CC2)CC1. The molecule has 0 bridgehead atoms. The van der Waals surface area contributed by atoms with Gasteiger partial charge < -0.3 is 10.2 Å². The average Bonchev–Trinajstić information content (AvgIpc) is 3.21. The maximum atomic E-state index is 12.5. The number of likely N-dealkylation sites (tertiary alicyclic amines) is 1. The van der Waals surface area contributed by atoms with E-state index in [4.69, 9.17) is 0 Å². The summed E-state index contributed by atoms with van der Waals surface area (Å²) in [6, 6.07) is 0. The number of hydrogen-bond donors (Lipinski definition) is 1. The van der Waals surface area contributed by atoms with Crippen LogP contribution >= 0.6 is 0 Å². The van der Waals surface area contributed by atoms with Crippen LogP contribution in [0.15, 0.2) is 0 Å². The van der Waals surface area contributed by atoms with Crippen molar-refractivity contribution in [2.75, 3.05) is 26.2 Å². The van der Waals surface area contributed by atoms with E-state index < -0.39 is 0 Å². The van der Waals surface area contributed by atoms with Gasteiger partial charge in [-0.25, -0.2) is 0 Å². The number of piperidine rings is 2. The molecule has 3 fully saturated rings. The van der Waals surface area contributed by atoms with Gasteiger partial charge in [-0.2, -0.15) is 0 Å². The number of nitrogens with one attached hydrogen (secondary N) is 1. The second kappa shape index (κ2) is 4.52. The first kappa shape index (κ1) is 12.5. The maximum Gasteiger partial charge on any atom is 0.228 e. The van der Waals surface area contributed by atoms with Crippen LogP contribution in [0, 0.1) is 10.8 Å². The standard InChI is InChI=1S/C15H26N2O/c1-2-15(3-4-15)13(18)17-11-7-14(8-12-17)5-9-16-10-6-14/h16H,2-12H2,1H3. The average molecular weight is 250 g/mol.